The summed E-state index contributed by atoms with van der Waals surface area (Å²) >= 11 is 0. The van der Waals surface area contributed by atoms with Crippen LogP contribution in [0.2, 0.25) is 0 Å². The molecule has 0 saturated heterocycles. The molecule has 0 aromatic rings. The third-order valence-electron chi connectivity index (χ3n) is 0. The second-order valence-electron chi connectivity index (χ2n) is 0. The SMILES string of the molecule is P.[Fe].[Nb].[SiH4]. The molecule has 0 nitrogen and oxygen atoms in total. The van der Waals surface area contributed by atoms with Gasteiger partial charge < -0.3 is 0 Å². The molecule has 0 rings (SSSR count). The summed E-state index contributed by atoms with van der Waals surface area (Å²) < 4.78 is 0. The third-order valence-corrected chi connectivity index (χ3v) is 0. The summed E-state index contributed by atoms with van der Waals surface area (Å²) in [5, 5.41) is 0. The first-order valence-electron chi connectivity index (χ1n) is 0. The fourth-order valence-electron chi connectivity index (χ4n) is 0. The van der Waals surface area contributed by atoms with Gasteiger partial charge in [0.25, 0.3) is 0 Å². The van der Waals surface area contributed by atoms with Crippen LogP contribution in [0.25, 0.3) is 0 Å². The first-order valence-corrected chi connectivity index (χ1v) is 0. The van der Waals surface area contributed by atoms with Crippen molar-refractivity contribution in [2.75, 3.05) is 0 Å². The van der Waals surface area contributed by atoms with Gasteiger partial charge in [0.15, 0.2) is 0 Å². The summed E-state index contributed by atoms with van der Waals surface area (Å²) in [6.07, 6.45) is 0. The molecule has 0 aromatic heterocycles. The molecule has 0 saturated carbocycles. The minimum Gasteiger partial charge on any atom is -0.153 e. The molecule has 4 heavy (non-hydrogen) atoms. The smallest absolute Gasteiger partial charge is 0 e. The Bertz CT molecular complexity index is 8.00. The van der Waals surface area contributed by atoms with Gasteiger partial charge >= 0.3 is 0 Å². The molecule has 0 aromatic carbocycles. The van der Waals surface area contributed by atoms with Crippen LogP contribution in [-0.4, -0.2) is 11.0 Å². The topological polar surface area (TPSA) is 0 Å². The molecular formula is H7FeNbPSi. The van der Waals surface area contributed by atoms with Crippen LogP contribution in [0, 0.1) is 0 Å². The molecule has 0 aliphatic rings. The standard InChI is InChI=1S/Fe.Nb.H3P.H4Si/h;;1H3;1H4. The van der Waals surface area contributed by atoms with Crippen molar-refractivity contribution in [1.29, 1.82) is 0 Å². The van der Waals surface area contributed by atoms with Gasteiger partial charge in [-0.05, 0) is 11.0 Å². The van der Waals surface area contributed by atoms with Crippen molar-refractivity contribution in [3.8, 4) is 0 Å². The van der Waals surface area contributed by atoms with Crippen LogP contribution >= 0.6 is 9.90 Å². The van der Waals surface area contributed by atoms with Gasteiger partial charge in [-0.25, -0.2) is 0 Å². The number of rotatable bonds is 0. The van der Waals surface area contributed by atoms with E-state index in [9.17, 15) is 0 Å². The fraction of sp³-hybridized carbons (Fsp3) is 0. The zero-order chi connectivity index (χ0) is 0. The van der Waals surface area contributed by atoms with Gasteiger partial charge in [0.1, 0.15) is 0 Å². The monoisotopic (exact) mass is 215 g/mol. The molecule has 0 N–H and O–H groups in total. The van der Waals surface area contributed by atoms with Gasteiger partial charge in [0, 0.05) is 39.4 Å². The summed E-state index contributed by atoms with van der Waals surface area (Å²) in [4.78, 5) is 0. The largest absolute Gasteiger partial charge is 0.153 e. The molecule has 0 bridgehead atoms. The van der Waals surface area contributed by atoms with Gasteiger partial charge in [0.05, 0.1) is 0 Å². The molecule has 1 atom stereocenters. The molecule has 0 fully saturated rings. The van der Waals surface area contributed by atoms with Crippen molar-refractivity contribution in [1.82, 2.24) is 0 Å². The van der Waals surface area contributed by atoms with Crippen molar-refractivity contribution in [2.24, 2.45) is 0 Å². The summed E-state index contributed by atoms with van der Waals surface area (Å²) in [5.41, 5.74) is 0. The van der Waals surface area contributed by atoms with Crippen LogP contribution in [0.4, 0.5) is 0 Å². The van der Waals surface area contributed by atoms with Crippen molar-refractivity contribution in [3.05, 3.63) is 0 Å². The zero-order valence-electron chi connectivity index (χ0n) is 1.51. The molecule has 0 heterocycles. The quantitative estimate of drug-likeness (QED) is 0.344. The Morgan fingerprint density at radius 3 is 1.00 bits per heavy atom. The summed E-state index contributed by atoms with van der Waals surface area (Å²) in [6.45, 7) is 0. The minimum absolute atomic E-state index is 0. The molecule has 1 unspecified atom stereocenters. The molecule has 0 aliphatic carbocycles. The van der Waals surface area contributed by atoms with Crippen molar-refractivity contribution in [2.45, 2.75) is 0 Å². The van der Waals surface area contributed by atoms with E-state index < -0.39 is 0 Å². The molecule has 29 valence electrons. The summed E-state index contributed by atoms with van der Waals surface area (Å²) in [7, 11) is 0. The zero-order valence-corrected chi connectivity index (χ0v) is 6.22. The summed E-state index contributed by atoms with van der Waals surface area (Å²) in [5.74, 6) is 0. The number of hydrogen-bond donors (Lipinski definition) is 0. The van der Waals surface area contributed by atoms with Crippen molar-refractivity contribution < 1.29 is 39.4 Å². The van der Waals surface area contributed by atoms with E-state index in [0.29, 0.717) is 0 Å². The normalized spacial score (nSPS) is 0. The molecule has 0 spiro atoms. The van der Waals surface area contributed by atoms with Gasteiger partial charge in [-0.2, -0.15) is 9.90 Å². The van der Waals surface area contributed by atoms with Crippen LogP contribution in [0.5, 0.6) is 0 Å². The van der Waals surface area contributed by atoms with E-state index in [4.69, 9.17) is 0 Å². The maximum absolute atomic E-state index is 0. The van der Waals surface area contributed by atoms with E-state index >= 15 is 0 Å². The Labute approximate surface area is 60.1 Å². The van der Waals surface area contributed by atoms with Crippen LogP contribution in [0.1, 0.15) is 0 Å². The van der Waals surface area contributed by atoms with Gasteiger partial charge in [0.2, 0.25) is 0 Å². The Kier molecular flexibility index (Phi) is 201. The second-order valence-corrected chi connectivity index (χ2v) is 0. The van der Waals surface area contributed by atoms with Crippen molar-refractivity contribution >= 4 is 20.9 Å². The van der Waals surface area contributed by atoms with E-state index in [0.717, 1.165) is 0 Å². The maximum Gasteiger partial charge on any atom is 0 e. The predicted octanol–water partition coefficient (Wildman–Crippen LogP) is -1.40. The Hall–Kier alpha value is 1.91. The molecule has 1 radical (unpaired) electrons. The fourth-order valence-corrected chi connectivity index (χ4v) is 0. The third kappa shape index (κ3) is 9.08. The van der Waals surface area contributed by atoms with Gasteiger partial charge in [-0.3, -0.25) is 0 Å². The molecule has 0 amide bonds. The van der Waals surface area contributed by atoms with Crippen LogP contribution in [-0.2, 0) is 39.4 Å². The van der Waals surface area contributed by atoms with Crippen LogP contribution < -0.4 is 0 Å². The van der Waals surface area contributed by atoms with Crippen LogP contribution in [0.3, 0.4) is 0 Å². The maximum atomic E-state index is 0. The first kappa shape index (κ1) is 39.1. The average molecular weight is 215 g/mol. The minimum atomic E-state index is 0. The van der Waals surface area contributed by atoms with Gasteiger partial charge in [-0.1, -0.05) is 0 Å². The molecule has 4 heteroatoms. The van der Waals surface area contributed by atoms with E-state index in [-0.39, 0.29) is 60.3 Å². The number of hydrogen-bond acceptors (Lipinski definition) is 0. The summed E-state index contributed by atoms with van der Waals surface area (Å²) in [6, 6.07) is 0. The predicted molar refractivity (Wildman–Crippen MR) is 22.4 cm³/mol. The molecule has 0 aliphatic heterocycles. The van der Waals surface area contributed by atoms with E-state index in [2.05, 4.69) is 0 Å². The van der Waals surface area contributed by atoms with Crippen LogP contribution in [0.15, 0.2) is 0 Å². The first-order chi connectivity index (χ1) is 0. The van der Waals surface area contributed by atoms with E-state index in [1.165, 1.54) is 0 Å². The Balaban J connectivity index is 0. The van der Waals surface area contributed by atoms with E-state index in [1.54, 1.807) is 0 Å². The Morgan fingerprint density at radius 1 is 1.00 bits per heavy atom. The molecular weight excluding hydrogens is 208 g/mol. The van der Waals surface area contributed by atoms with Gasteiger partial charge in [-0.15, -0.1) is 0 Å². The van der Waals surface area contributed by atoms with E-state index in [1.807, 2.05) is 0 Å². The average Bonchev–Trinajstić information content (AvgIpc) is 0. The second kappa shape index (κ2) is 20.6. The van der Waals surface area contributed by atoms with Crippen molar-refractivity contribution in [3.63, 3.8) is 0 Å². The Morgan fingerprint density at radius 2 is 1.00 bits per heavy atom.